The quantitative estimate of drug-likeness (QED) is 0.223. The van der Waals surface area contributed by atoms with E-state index in [1.165, 1.54) is 0 Å². The van der Waals surface area contributed by atoms with Crippen LogP contribution in [0.5, 0.6) is 0 Å². The van der Waals surface area contributed by atoms with Gasteiger partial charge in [0.1, 0.15) is 17.1 Å². The van der Waals surface area contributed by atoms with E-state index >= 15 is 0 Å². The normalized spacial score (nSPS) is 11.0. The molecule has 38 heavy (non-hydrogen) atoms. The van der Waals surface area contributed by atoms with E-state index in [1.54, 1.807) is 0 Å². The summed E-state index contributed by atoms with van der Waals surface area (Å²) in [6, 6.07) is 39.8. The van der Waals surface area contributed by atoms with E-state index in [0.29, 0.717) is 22.5 Å². The predicted molar refractivity (Wildman–Crippen MR) is 151 cm³/mol. The van der Waals surface area contributed by atoms with Crippen molar-refractivity contribution < 1.29 is 9.53 Å². The molecule has 0 fully saturated rings. The summed E-state index contributed by atoms with van der Waals surface area (Å²) in [5, 5.41) is 11.1. The second-order valence-electron chi connectivity index (χ2n) is 8.83. The molecule has 6 aromatic rings. The van der Waals surface area contributed by atoms with Gasteiger partial charge in [-0.05, 0) is 24.6 Å². The molecule has 184 valence electrons. The number of aromatic nitrogens is 3. The first-order chi connectivity index (χ1) is 18.8. The second kappa shape index (κ2) is 10.1. The van der Waals surface area contributed by atoms with Crippen LogP contribution in [0.3, 0.4) is 0 Å². The molecule has 0 aliphatic carbocycles. The van der Waals surface area contributed by atoms with E-state index in [0.717, 1.165) is 33.5 Å². The molecule has 2 heterocycles. The van der Waals surface area contributed by atoms with Gasteiger partial charge in [0.2, 0.25) is 0 Å². The van der Waals surface area contributed by atoms with Crippen LogP contribution in [0.4, 0.5) is 0 Å². The smallest absolute Gasteiger partial charge is 0.356 e. The highest BCUT2D eigenvalue weighted by Crippen LogP contribution is 2.44. The Morgan fingerprint density at radius 1 is 0.632 bits per heavy atom. The summed E-state index contributed by atoms with van der Waals surface area (Å²) in [6.07, 6.45) is 0. The minimum absolute atomic E-state index is 0.256. The predicted octanol–water partition coefficient (Wildman–Crippen LogP) is 7.60. The van der Waals surface area contributed by atoms with Crippen LogP contribution >= 0.6 is 0 Å². The van der Waals surface area contributed by atoms with E-state index < -0.39 is 5.97 Å². The molecular formula is C33H25N3O2. The van der Waals surface area contributed by atoms with Gasteiger partial charge in [0.25, 0.3) is 0 Å². The third-order valence-corrected chi connectivity index (χ3v) is 6.52. The van der Waals surface area contributed by atoms with Crippen molar-refractivity contribution in [2.24, 2.45) is 0 Å². The molecule has 0 aliphatic rings. The van der Waals surface area contributed by atoms with Crippen LogP contribution in [0.25, 0.3) is 50.2 Å². The Hall–Kier alpha value is -5.03. The third kappa shape index (κ3) is 4.04. The summed E-state index contributed by atoms with van der Waals surface area (Å²) in [5.41, 5.74) is 6.24. The van der Waals surface area contributed by atoms with Crippen molar-refractivity contribution in [1.29, 1.82) is 0 Å². The maximum absolute atomic E-state index is 13.8. The van der Waals surface area contributed by atoms with Crippen LogP contribution in [-0.4, -0.2) is 27.3 Å². The van der Waals surface area contributed by atoms with Crippen molar-refractivity contribution in [3.63, 3.8) is 0 Å². The first-order valence-corrected chi connectivity index (χ1v) is 12.6. The van der Waals surface area contributed by atoms with Gasteiger partial charge in [0.15, 0.2) is 0 Å². The zero-order valence-corrected chi connectivity index (χ0v) is 20.9. The van der Waals surface area contributed by atoms with E-state index in [2.05, 4.69) is 12.1 Å². The molecule has 0 N–H and O–H groups in total. The van der Waals surface area contributed by atoms with Crippen LogP contribution in [0.15, 0.2) is 121 Å². The molecule has 5 nitrogen and oxygen atoms in total. The Labute approximate surface area is 221 Å². The van der Waals surface area contributed by atoms with E-state index in [1.807, 2.05) is 121 Å². The molecular weight excluding hydrogens is 470 g/mol. The molecule has 0 saturated heterocycles. The first kappa shape index (κ1) is 23.4. The summed E-state index contributed by atoms with van der Waals surface area (Å²) in [5.74, 6) is -0.410. The highest BCUT2D eigenvalue weighted by molar-refractivity contribution is 6.18. The molecule has 0 atom stereocenters. The van der Waals surface area contributed by atoms with Crippen molar-refractivity contribution in [2.75, 3.05) is 6.61 Å². The maximum Gasteiger partial charge on any atom is 0.356 e. The fraction of sp³-hybridized carbons (Fsp3) is 0.0606. The number of ether oxygens (including phenoxy) is 1. The van der Waals surface area contributed by atoms with Gasteiger partial charge >= 0.3 is 5.97 Å². The fourth-order valence-electron chi connectivity index (χ4n) is 4.93. The lowest BCUT2D eigenvalue weighted by Gasteiger charge is -2.14. The van der Waals surface area contributed by atoms with Crippen LogP contribution in [-0.2, 0) is 4.74 Å². The van der Waals surface area contributed by atoms with Crippen molar-refractivity contribution in [3.8, 4) is 39.5 Å². The molecule has 0 spiro atoms. The zero-order valence-electron chi connectivity index (χ0n) is 20.9. The average Bonchev–Trinajstić information content (AvgIpc) is 3.35. The molecule has 0 unspecified atom stereocenters. The molecule has 0 radical (unpaired) electrons. The SMILES string of the molecule is CCOC(=O)c1c2c(-c3ccccc3)nnc(-c3ccccc3)c2c(-c2ccccc2)n1-c1ccccc1. The Balaban J connectivity index is 1.87. The largest absolute Gasteiger partial charge is 0.461 e. The average molecular weight is 496 g/mol. The Kier molecular flexibility index (Phi) is 6.24. The molecule has 0 aliphatic heterocycles. The standard InChI is InChI=1S/C33H25N3O2/c1-2-38-33(37)32-28-27(31(25-19-11-5-12-20-25)36(32)26-21-13-6-14-22-26)29(23-15-7-3-8-16-23)34-35-30(28)24-17-9-4-10-18-24/h3-22H,2H2,1H3. The number of nitrogens with zero attached hydrogens (tertiary/aromatic N) is 3. The summed E-state index contributed by atoms with van der Waals surface area (Å²) >= 11 is 0. The molecule has 6 rings (SSSR count). The summed E-state index contributed by atoms with van der Waals surface area (Å²) in [7, 11) is 0. The Morgan fingerprint density at radius 2 is 1.08 bits per heavy atom. The van der Waals surface area contributed by atoms with Gasteiger partial charge in [0.05, 0.1) is 12.3 Å². The zero-order chi connectivity index (χ0) is 25.9. The Bertz CT molecular complexity index is 1710. The molecule has 5 heteroatoms. The van der Waals surface area contributed by atoms with Crippen molar-refractivity contribution in [3.05, 3.63) is 127 Å². The molecule has 4 aromatic carbocycles. The van der Waals surface area contributed by atoms with Crippen LogP contribution in [0.2, 0.25) is 0 Å². The molecule has 0 saturated carbocycles. The highest BCUT2D eigenvalue weighted by atomic mass is 16.5. The monoisotopic (exact) mass is 495 g/mol. The second-order valence-corrected chi connectivity index (χ2v) is 8.83. The fourth-order valence-corrected chi connectivity index (χ4v) is 4.93. The third-order valence-electron chi connectivity index (χ3n) is 6.52. The minimum atomic E-state index is -0.410. The highest BCUT2D eigenvalue weighted by Gasteiger charge is 2.31. The lowest BCUT2D eigenvalue weighted by Crippen LogP contribution is -2.12. The summed E-state index contributed by atoms with van der Waals surface area (Å²) in [6.45, 7) is 2.08. The topological polar surface area (TPSA) is 57.0 Å². The van der Waals surface area contributed by atoms with Crippen molar-refractivity contribution in [2.45, 2.75) is 6.92 Å². The number of carbonyl (C=O) groups is 1. The van der Waals surface area contributed by atoms with E-state index in [9.17, 15) is 4.79 Å². The maximum atomic E-state index is 13.8. The molecule has 0 bridgehead atoms. The summed E-state index contributed by atoms with van der Waals surface area (Å²) < 4.78 is 7.68. The summed E-state index contributed by atoms with van der Waals surface area (Å²) in [4.78, 5) is 13.8. The first-order valence-electron chi connectivity index (χ1n) is 12.6. The number of benzene rings is 4. The number of carbonyl (C=O) groups excluding carboxylic acids is 1. The van der Waals surface area contributed by atoms with Gasteiger partial charge in [0, 0.05) is 27.6 Å². The van der Waals surface area contributed by atoms with Gasteiger partial charge in [-0.1, -0.05) is 109 Å². The Morgan fingerprint density at radius 3 is 1.58 bits per heavy atom. The molecule has 0 amide bonds. The lowest BCUT2D eigenvalue weighted by molar-refractivity contribution is 0.0519. The van der Waals surface area contributed by atoms with Crippen LogP contribution < -0.4 is 0 Å². The van der Waals surface area contributed by atoms with Gasteiger partial charge in [-0.2, -0.15) is 0 Å². The number of hydrogen-bond donors (Lipinski definition) is 0. The van der Waals surface area contributed by atoms with Crippen molar-refractivity contribution >= 4 is 16.7 Å². The number of para-hydroxylation sites is 1. The number of fused-ring (bicyclic) bond motifs is 1. The van der Waals surface area contributed by atoms with E-state index in [4.69, 9.17) is 14.9 Å². The van der Waals surface area contributed by atoms with Gasteiger partial charge in [-0.3, -0.25) is 0 Å². The lowest BCUT2D eigenvalue weighted by atomic mass is 9.98. The van der Waals surface area contributed by atoms with Gasteiger partial charge < -0.3 is 9.30 Å². The van der Waals surface area contributed by atoms with Crippen molar-refractivity contribution in [1.82, 2.24) is 14.8 Å². The van der Waals surface area contributed by atoms with Gasteiger partial charge in [-0.15, -0.1) is 10.2 Å². The van der Waals surface area contributed by atoms with Gasteiger partial charge in [-0.25, -0.2) is 4.79 Å². The van der Waals surface area contributed by atoms with Crippen LogP contribution in [0.1, 0.15) is 17.4 Å². The number of rotatable bonds is 6. The molecule has 2 aromatic heterocycles. The number of hydrogen-bond acceptors (Lipinski definition) is 4. The number of esters is 1. The van der Waals surface area contributed by atoms with Crippen LogP contribution in [0, 0.1) is 0 Å². The minimum Gasteiger partial charge on any atom is -0.461 e. The van der Waals surface area contributed by atoms with E-state index in [-0.39, 0.29) is 6.61 Å².